The summed E-state index contributed by atoms with van der Waals surface area (Å²) in [6.45, 7) is 0. The molecular formula is C20H10Br2N2O2. The zero-order valence-electron chi connectivity index (χ0n) is 13.2. The van der Waals surface area contributed by atoms with E-state index in [0.717, 1.165) is 8.95 Å². The van der Waals surface area contributed by atoms with Crippen LogP contribution in [0.15, 0.2) is 69.6 Å². The highest BCUT2D eigenvalue weighted by molar-refractivity contribution is 9.10. The molecule has 0 atom stereocenters. The Labute approximate surface area is 167 Å². The van der Waals surface area contributed by atoms with Gasteiger partial charge in [0.1, 0.15) is 23.6 Å². The minimum atomic E-state index is 0.225. The first-order valence-electron chi connectivity index (χ1n) is 7.44. The van der Waals surface area contributed by atoms with Crippen molar-refractivity contribution in [1.29, 1.82) is 10.5 Å². The summed E-state index contributed by atoms with van der Waals surface area (Å²) in [4.78, 5) is 0. The molecule has 126 valence electrons. The van der Waals surface area contributed by atoms with Gasteiger partial charge in [-0.1, -0.05) is 31.9 Å². The van der Waals surface area contributed by atoms with Crippen LogP contribution in [0.25, 0.3) is 0 Å². The second kappa shape index (κ2) is 8.05. The summed E-state index contributed by atoms with van der Waals surface area (Å²) in [6.07, 6.45) is 0. The van der Waals surface area contributed by atoms with Crippen LogP contribution in [0.2, 0.25) is 0 Å². The summed E-state index contributed by atoms with van der Waals surface area (Å²) in [6, 6.07) is 21.6. The van der Waals surface area contributed by atoms with Gasteiger partial charge >= 0.3 is 0 Å². The predicted octanol–water partition coefficient (Wildman–Crippen LogP) is 6.54. The Morgan fingerprint density at radius 2 is 0.962 bits per heavy atom. The third-order valence-corrected chi connectivity index (χ3v) is 4.47. The Bertz CT molecular complexity index is 933. The topological polar surface area (TPSA) is 66.0 Å². The van der Waals surface area contributed by atoms with Crippen molar-refractivity contribution in [2.24, 2.45) is 0 Å². The first kappa shape index (κ1) is 18.0. The van der Waals surface area contributed by atoms with E-state index in [1.165, 1.54) is 12.1 Å². The molecule has 0 aliphatic rings. The minimum absolute atomic E-state index is 0.225. The molecule has 26 heavy (non-hydrogen) atoms. The monoisotopic (exact) mass is 468 g/mol. The second-order valence-electron chi connectivity index (χ2n) is 5.18. The zero-order valence-corrected chi connectivity index (χ0v) is 16.4. The lowest BCUT2D eigenvalue weighted by molar-refractivity contribution is 0.418. The normalized spacial score (nSPS) is 9.85. The van der Waals surface area contributed by atoms with Crippen molar-refractivity contribution in [3.8, 4) is 35.1 Å². The number of hydrogen-bond acceptors (Lipinski definition) is 4. The van der Waals surface area contributed by atoms with Gasteiger partial charge in [0, 0.05) is 21.1 Å². The van der Waals surface area contributed by atoms with E-state index < -0.39 is 0 Å². The van der Waals surface area contributed by atoms with Crippen LogP contribution in [0.5, 0.6) is 23.0 Å². The molecule has 0 saturated carbocycles. The van der Waals surface area contributed by atoms with E-state index in [2.05, 4.69) is 31.9 Å². The molecule has 0 aliphatic heterocycles. The van der Waals surface area contributed by atoms with E-state index in [1.54, 1.807) is 24.3 Å². The van der Waals surface area contributed by atoms with Gasteiger partial charge in [0.25, 0.3) is 0 Å². The number of halogens is 2. The Kier molecular flexibility index (Phi) is 5.58. The number of nitriles is 2. The van der Waals surface area contributed by atoms with Crippen LogP contribution in [0.3, 0.4) is 0 Å². The molecule has 0 bridgehead atoms. The van der Waals surface area contributed by atoms with Gasteiger partial charge in [-0.05, 0) is 48.5 Å². The quantitative estimate of drug-likeness (QED) is 0.435. The van der Waals surface area contributed by atoms with Crippen LogP contribution >= 0.6 is 31.9 Å². The Morgan fingerprint density at radius 1 is 0.615 bits per heavy atom. The van der Waals surface area contributed by atoms with Crippen LogP contribution in [0, 0.1) is 22.7 Å². The molecule has 0 unspecified atom stereocenters. The van der Waals surface area contributed by atoms with E-state index in [9.17, 15) is 10.5 Å². The van der Waals surface area contributed by atoms with E-state index in [4.69, 9.17) is 9.47 Å². The van der Waals surface area contributed by atoms with Crippen LogP contribution in [-0.4, -0.2) is 0 Å². The molecule has 0 N–H and O–H groups in total. The molecule has 0 aliphatic carbocycles. The van der Waals surface area contributed by atoms with Crippen molar-refractivity contribution < 1.29 is 9.47 Å². The lowest BCUT2D eigenvalue weighted by Gasteiger charge is -2.13. The standard InChI is InChI=1S/C20H10Br2N2O2/c21-15-1-5-17(6-2-15)25-19-9-13(11-23)14(12-24)10-20(19)26-18-7-3-16(22)4-8-18/h1-10H. The van der Waals surface area contributed by atoms with Gasteiger partial charge in [-0.2, -0.15) is 10.5 Å². The Morgan fingerprint density at radius 3 is 1.27 bits per heavy atom. The maximum absolute atomic E-state index is 9.28. The predicted molar refractivity (Wildman–Crippen MR) is 104 cm³/mol. The fourth-order valence-corrected chi connectivity index (χ4v) is 2.69. The molecule has 3 rings (SSSR count). The van der Waals surface area contributed by atoms with Crippen molar-refractivity contribution in [3.63, 3.8) is 0 Å². The van der Waals surface area contributed by atoms with Crippen molar-refractivity contribution in [2.75, 3.05) is 0 Å². The molecule has 0 spiro atoms. The fourth-order valence-electron chi connectivity index (χ4n) is 2.16. The van der Waals surface area contributed by atoms with E-state index in [0.29, 0.717) is 23.0 Å². The molecule has 6 heteroatoms. The van der Waals surface area contributed by atoms with Crippen molar-refractivity contribution in [1.82, 2.24) is 0 Å². The summed E-state index contributed by atoms with van der Waals surface area (Å²) >= 11 is 6.75. The molecule has 0 aromatic heterocycles. The van der Waals surface area contributed by atoms with Crippen LogP contribution in [0.4, 0.5) is 0 Å². The van der Waals surface area contributed by atoms with Gasteiger partial charge in [0.15, 0.2) is 11.5 Å². The zero-order chi connectivity index (χ0) is 18.5. The first-order valence-corrected chi connectivity index (χ1v) is 9.03. The second-order valence-corrected chi connectivity index (χ2v) is 7.01. The molecule has 4 nitrogen and oxygen atoms in total. The highest BCUT2D eigenvalue weighted by atomic mass is 79.9. The summed E-state index contributed by atoms with van der Waals surface area (Å²) < 4.78 is 13.6. The molecule has 0 fully saturated rings. The smallest absolute Gasteiger partial charge is 0.171 e. The largest absolute Gasteiger partial charge is 0.453 e. The molecule has 0 amide bonds. The van der Waals surface area contributed by atoms with Gasteiger partial charge in [0.2, 0.25) is 0 Å². The maximum Gasteiger partial charge on any atom is 0.171 e. The number of nitrogens with zero attached hydrogens (tertiary/aromatic N) is 2. The SMILES string of the molecule is N#Cc1cc(Oc2ccc(Br)cc2)c(Oc2ccc(Br)cc2)cc1C#N. The van der Waals surface area contributed by atoms with Crippen molar-refractivity contribution in [2.45, 2.75) is 0 Å². The fraction of sp³-hybridized carbons (Fsp3) is 0. The number of benzene rings is 3. The number of rotatable bonds is 4. The summed E-state index contributed by atoms with van der Waals surface area (Å²) in [5.41, 5.74) is 0.450. The maximum atomic E-state index is 9.28. The van der Waals surface area contributed by atoms with Crippen LogP contribution in [0.1, 0.15) is 11.1 Å². The van der Waals surface area contributed by atoms with Gasteiger partial charge < -0.3 is 9.47 Å². The number of hydrogen-bond donors (Lipinski definition) is 0. The van der Waals surface area contributed by atoms with Gasteiger partial charge in [-0.3, -0.25) is 0 Å². The van der Waals surface area contributed by atoms with Gasteiger partial charge in [-0.25, -0.2) is 0 Å². The van der Waals surface area contributed by atoms with Crippen molar-refractivity contribution >= 4 is 31.9 Å². The van der Waals surface area contributed by atoms with Gasteiger partial charge in [-0.15, -0.1) is 0 Å². The summed E-state index contributed by atoms with van der Waals surface area (Å²) in [5.74, 6) is 1.88. The molecule has 0 heterocycles. The molecule has 3 aromatic rings. The Hall–Kier alpha value is -2.80. The van der Waals surface area contributed by atoms with Crippen LogP contribution in [-0.2, 0) is 0 Å². The summed E-state index contributed by atoms with van der Waals surface area (Å²) in [7, 11) is 0. The number of ether oxygens (including phenoxy) is 2. The lowest BCUT2D eigenvalue weighted by atomic mass is 10.1. The highest BCUT2D eigenvalue weighted by Gasteiger charge is 2.14. The third-order valence-electron chi connectivity index (χ3n) is 3.41. The molecule has 3 aromatic carbocycles. The van der Waals surface area contributed by atoms with E-state index in [1.807, 2.05) is 36.4 Å². The highest BCUT2D eigenvalue weighted by Crippen LogP contribution is 2.37. The average molecular weight is 470 g/mol. The summed E-state index contributed by atoms with van der Waals surface area (Å²) in [5, 5.41) is 18.6. The molecule has 0 radical (unpaired) electrons. The first-order chi connectivity index (χ1) is 12.6. The molecular weight excluding hydrogens is 460 g/mol. The lowest BCUT2D eigenvalue weighted by Crippen LogP contribution is -1.94. The van der Waals surface area contributed by atoms with Crippen molar-refractivity contribution in [3.05, 3.63) is 80.7 Å². The van der Waals surface area contributed by atoms with E-state index >= 15 is 0 Å². The van der Waals surface area contributed by atoms with E-state index in [-0.39, 0.29) is 11.1 Å². The van der Waals surface area contributed by atoms with Crippen LogP contribution < -0.4 is 9.47 Å². The Balaban J connectivity index is 2.02. The minimum Gasteiger partial charge on any atom is -0.453 e. The molecule has 0 saturated heterocycles. The third kappa shape index (κ3) is 4.23. The average Bonchev–Trinajstić information content (AvgIpc) is 2.66. The van der Waals surface area contributed by atoms with Gasteiger partial charge in [0.05, 0.1) is 11.1 Å².